The fourth-order valence-electron chi connectivity index (χ4n) is 2.33. The number of hydrogen-bond acceptors (Lipinski definition) is 10. The highest BCUT2D eigenvalue weighted by atomic mass is 32.1. The van der Waals surface area contributed by atoms with Crippen molar-refractivity contribution in [3.63, 3.8) is 0 Å². The van der Waals surface area contributed by atoms with Crippen LogP contribution in [0.25, 0.3) is 0 Å². The van der Waals surface area contributed by atoms with Crippen molar-refractivity contribution in [1.82, 2.24) is 4.90 Å². The van der Waals surface area contributed by atoms with Crippen LogP contribution in [0.15, 0.2) is 29.6 Å². The van der Waals surface area contributed by atoms with Crippen LogP contribution >= 0.6 is 11.3 Å². The second kappa shape index (κ2) is 11.7. The van der Waals surface area contributed by atoms with Crippen LogP contribution in [0.2, 0.25) is 0 Å². The van der Waals surface area contributed by atoms with Crippen LogP contribution in [-0.2, 0) is 4.79 Å². The predicted octanol–water partition coefficient (Wildman–Crippen LogP) is 3.56. The summed E-state index contributed by atoms with van der Waals surface area (Å²) in [5.41, 5.74) is -3.00. The first-order chi connectivity index (χ1) is 14.9. The summed E-state index contributed by atoms with van der Waals surface area (Å²) in [4.78, 5) is 43.7. The maximum atomic E-state index is 11.9. The van der Waals surface area contributed by atoms with E-state index in [0.29, 0.717) is 24.6 Å². The van der Waals surface area contributed by atoms with Crippen molar-refractivity contribution < 1.29 is 24.7 Å². The zero-order valence-corrected chi connectivity index (χ0v) is 18.6. The molecule has 1 aromatic heterocycles. The third-order valence-corrected chi connectivity index (χ3v) is 5.25. The Morgan fingerprint density at radius 3 is 1.97 bits per heavy atom. The number of aromatic hydroxyl groups is 1. The zero-order valence-electron chi connectivity index (χ0n) is 17.8. The van der Waals surface area contributed by atoms with E-state index in [1.807, 2.05) is 43.4 Å². The highest BCUT2D eigenvalue weighted by molar-refractivity contribution is 7.14. The Morgan fingerprint density at radius 2 is 1.62 bits per heavy atom. The third kappa shape index (κ3) is 6.95. The minimum Gasteiger partial charge on any atom is -0.497 e. The Morgan fingerprint density at radius 1 is 1.09 bits per heavy atom. The summed E-state index contributed by atoms with van der Waals surface area (Å²) >= 11 is 1.62. The van der Waals surface area contributed by atoms with Gasteiger partial charge in [-0.2, -0.15) is 0 Å². The standard InChI is InChI=1S/C12H20N2OS.C6H3N3O7/c1-5-11(15)14(9-10(2)13(3)4)12-7-6-8-16-12;10-6-4(8(13)14)1-3(7(11)12)2-5(6)9(15)16/h6-8,10H,5,9H2,1-4H3;1-2,10H. The average Bonchev–Trinajstić information content (AvgIpc) is 3.25. The molecule has 0 aliphatic carbocycles. The van der Waals surface area contributed by atoms with Crippen molar-refractivity contribution in [3.8, 4) is 5.75 Å². The van der Waals surface area contributed by atoms with Crippen LogP contribution < -0.4 is 4.90 Å². The van der Waals surface area contributed by atoms with Crippen molar-refractivity contribution in [2.45, 2.75) is 26.3 Å². The van der Waals surface area contributed by atoms with Crippen LogP contribution in [0.5, 0.6) is 5.75 Å². The number of rotatable bonds is 8. The molecule has 0 spiro atoms. The number of amides is 1. The number of carbonyl (C=O) groups excluding carboxylic acids is 1. The molecule has 174 valence electrons. The topological polar surface area (TPSA) is 173 Å². The van der Waals surface area contributed by atoms with Gasteiger partial charge in [-0.15, -0.1) is 11.3 Å². The van der Waals surface area contributed by atoms with Gasteiger partial charge in [0.15, 0.2) is 0 Å². The van der Waals surface area contributed by atoms with E-state index in [4.69, 9.17) is 5.11 Å². The van der Waals surface area contributed by atoms with Gasteiger partial charge in [0.25, 0.3) is 11.4 Å². The van der Waals surface area contributed by atoms with Gasteiger partial charge in [-0.05, 0) is 38.5 Å². The number of anilines is 1. The predicted molar refractivity (Wildman–Crippen MR) is 118 cm³/mol. The quantitative estimate of drug-likeness (QED) is 0.448. The Bertz CT molecular complexity index is 945. The normalized spacial score (nSPS) is 11.3. The van der Waals surface area contributed by atoms with Crippen molar-refractivity contribution >= 4 is 39.3 Å². The molecule has 1 atom stereocenters. The van der Waals surface area contributed by atoms with E-state index in [2.05, 4.69) is 11.8 Å². The third-order valence-electron chi connectivity index (χ3n) is 4.36. The molecule has 0 fully saturated rings. The Balaban J connectivity index is 0.000000320. The highest BCUT2D eigenvalue weighted by Crippen LogP contribution is 2.38. The van der Waals surface area contributed by atoms with Crippen molar-refractivity contribution in [1.29, 1.82) is 0 Å². The number of likely N-dealkylation sites (N-methyl/N-ethyl adjacent to an activating group) is 1. The van der Waals surface area contributed by atoms with Crippen LogP contribution in [0.1, 0.15) is 20.3 Å². The Hall–Kier alpha value is -3.65. The second-order valence-electron chi connectivity index (χ2n) is 6.73. The first kappa shape index (κ1) is 26.4. The number of non-ortho nitro benzene ring substituents is 1. The maximum absolute atomic E-state index is 11.9. The molecule has 0 bridgehead atoms. The van der Waals surface area contributed by atoms with Crippen LogP contribution in [0.4, 0.5) is 22.1 Å². The molecule has 1 heterocycles. The number of phenolic OH excluding ortho intramolecular Hbond substituents is 1. The summed E-state index contributed by atoms with van der Waals surface area (Å²) in [6.45, 7) is 4.78. The van der Waals surface area contributed by atoms with Crippen molar-refractivity contribution in [2.24, 2.45) is 0 Å². The molecule has 0 saturated carbocycles. The summed E-state index contributed by atoms with van der Waals surface area (Å²) in [7, 11) is 4.07. The SMILES string of the molecule is CCC(=O)N(CC(C)N(C)C)c1cccs1.O=[N+]([O-])c1cc([N+](=O)[O-])c(O)c([N+](=O)[O-])c1. The summed E-state index contributed by atoms with van der Waals surface area (Å²) in [6, 6.07) is 5.24. The number of benzene rings is 1. The summed E-state index contributed by atoms with van der Waals surface area (Å²) in [5, 5.41) is 43.3. The number of thiophene rings is 1. The van der Waals surface area contributed by atoms with Gasteiger partial charge in [-0.1, -0.05) is 6.92 Å². The van der Waals surface area contributed by atoms with E-state index >= 15 is 0 Å². The maximum Gasteiger partial charge on any atom is 0.324 e. The van der Waals surface area contributed by atoms with E-state index < -0.39 is 37.6 Å². The zero-order chi connectivity index (χ0) is 24.6. The average molecular weight is 469 g/mol. The minimum absolute atomic E-state index is 0.191. The minimum atomic E-state index is -1.21. The van der Waals surface area contributed by atoms with E-state index in [-0.39, 0.29) is 5.91 Å². The molecule has 0 radical (unpaired) electrons. The van der Waals surface area contributed by atoms with Gasteiger partial charge in [-0.3, -0.25) is 35.1 Å². The molecule has 0 aliphatic heterocycles. The van der Waals surface area contributed by atoms with Gasteiger partial charge in [-0.25, -0.2) is 0 Å². The van der Waals surface area contributed by atoms with Crippen LogP contribution in [0, 0.1) is 30.3 Å². The molecular formula is C18H23N5O8S. The number of hydrogen-bond donors (Lipinski definition) is 1. The van der Waals surface area contributed by atoms with Crippen molar-refractivity contribution in [3.05, 3.63) is 60.0 Å². The lowest BCUT2D eigenvalue weighted by Gasteiger charge is -2.28. The molecule has 14 heteroatoms. The highest BCUT2D eigenvalue weighted by Gasteiger charge is 2.30. The van der Waals surface area contributed by atoms with Gasteiger partial charge in [0.1, 0.15) is 0 Å². The lowest BCUT2D eigenvalue weighted by molar-refractivity contribution is -0.404. The largest absolute Gasteiger partial charge is 0.497 e. The number of phenols is 1. The van der Waals surface area contributed by atoms with Crippen LogP contribution in [0.3, 0.4) is 0 Å². The molecule has 1 amide bonds. The van der Waals surface area contributed by atoms with Gasteiger partial charge < -0.3 is 14.9 Å². The molecule has 1 unspecified atom stereocenters. The summed E-state index contributed by atoms with van der Waals surface area (Å²) in [5.74, 6) is -1.02. The number of carbonyl (C=O) groups is 1. The van der Waals surface area contributed by atoms with Crippen LogP contribution in [-0.4, -0.2) is 57.4 Å². The summed E-state index contributed by atoms with van der Waals surface area (Å²) < 4.78 is 0. The van der Waals surface area contributed by atoms with Gasteiger partial charge in [0, 0.05) is 19.0 Å². The molecule has 2 rings (SSSR count). The molecule has 1 N–H and O–H groups in total. The molecule has 1 aromatic carbocycles. The first-order valence-electron chi connectivity index (χ1n) is 9.21. The smallest absolute Gasteiger partial charge is 0.324 e. The fraction of sp³-hybridized carbons (Fsp3) is 0.389. The van der Waals surface area contributed by atoms with E-state index in [1.54, 1.807) is 11.3 Å². The number of nitrogens with zero attached hydrogens (tertiary/aromatic N) is 5. The monoisotopic (exact) mass is 469 g/mol. The van der Waals surface area contributed by atoms with Crippen molar-refractivity contribution in [2.75, 3.05) is 25.5 Å². The van der Waals surface area contributed by atoms with Gasteiger partial charge >= 0.3 is 11.4 Å². The second-order valence-corrected chi connectivity index (χ2v) is 7.65. The molecule has 0 saturated heterocycles. The lowest BCUT2D eigenvalue weighted by Crippen LogP contribution is -2.41. The molecule has 32 heavy (non-hydrogen) atoms. The van der Waals surface area contributed by atoms with E-state index in [9.17, 15) is 35.1 Å². The van der Waals surface area contributed by atoms with Gasteiger partial charge in [0.2, 0.25) is 5.91 Å². The molecule has 2 aromatic rings. The number of nitro groups is 3. The summed E-state index contributed by atoms with van der Waals surface area (Å²) in [6.07, 6.45) is 0.554. The molecular weight excluding hydrogens is 446 g/mol. The molecule has 13 nitrogen and oxygen atoms in total. The van der Waals surface area contributed by atoms with E-state index in [0.717, 1.165) is 11.5 Å². The van der Waals surface area contributed by atoms with E-state index in [1.165, 1.54) is 0 Å². The lowest BCUT2D eigenvalue weighted by atomic mass is 10.2. The Kier molecular flexibility index (Phi) is 9.62. The fourth-order valence-corrected chi connectivity index (χ4v) is 3.09. The first-order valence-corrected chi connectivity index (χ1v) is 10.1. The number of nitro benzene ring substituents is 3. The Labute approximate surface area is 186 Å². The van der Waals surface area contributed by atoms with Gasteiger partial charge in [0.05, 0.1) is 31.9 Å². The molecule has 0 aliphatic rings.